The molecular weight excluding hydrogens is 224 g/mol. The van der Waals surface area contributed by atoms with E-state index in [1.165, 1.54) is 0 Å². The molecule has 1 saturated heterocycles. The molecule has 6 nitrogen and oxygen atoms in total. The van der Waals surface area contributed by atoms with E-state index in [9.17, 15) is 14.7 Å². The summed E-state index contributed by atoms with van der Waals surface area (Å²) in [5, 5.41) is 23.6. The zero-order valence-corrected chi connectivity index (χ0v) is 10.1. The van der Waals surface area contributed by atoms with E-state index in [0.717, 1.165) is 0 Å². The lowest BCUT2D eigenvalue weighted by Gasteiger charge is -2.18. The summed E-state index contributed by atoms with van der Waals surface area (Å²) >= 11 is 0. The predicted octanol–water partition coefficient (Wildman–Crippen LogP) is -0.675. The van der Waals surface area contributed by atoms with Crippen molar-refractivity contribution >= 4 is 11.9 Å². The molecule has 0 aromatic heterocycles. The van der Waals surface area contributed by atoms with Gasteiger partial charge in [0.25, 0.3) is 0 Å². The van der Waals surface area contributed by atoms with Crippen LogP contribution in [-0.2, 0) is 9.59 Å². The molecule has 0 spiro atoms. The number of carboxylic acids is 1. The molecule has 0 aromatic rings. The third kappa shape index (κ3) is 4.32. The van der Waals surface area contributed by atoms with Crippen molar-refractivity contribution in [3.63, 3.8) is 0 Å². The summed E-state index contributed by atoms with van der Waals surface area (Å²) in [5.74, 6) is -1.18. The van der Waals surface area contributed by atoms with Gasteiger partial charge in [-0.2, -0.15) is 0 Å². The van der Waals surface area contributed by atoms with Crippen LogP contribution in [0.3, 0.4) is 0 Å². The third-order valence-electron chi connectivity index (χ3n) is 2.75. The minimum Gasteiger partial charge on any atom is -0.480 e. The van der Waals surface area contributed by atoms with E-state index < -0.39 is 24.2 Å². The highest BCUT2D eigenvalue weighted by atomic mass is 16.4. The molecule has 3 atom stereocenters. The van der Waals surface area contributed by atoms with Crippen LogP contribution in [0.25, 0.3) is 0 Å². The van der Waals surface area contributed by atoms with Crippen molar-refractivity contribution in [1.29, 1.82) is 0 Å². The van der Waals surface area contributed by atoms with Crippen molar-refractivity contribution in [3.05, 3.63) is 0 Å². The van der Waals surface area contributed by atoms with E-state index in [2.05, 4.69) is 10.6 Å². The number of hydrogen-bond donors (Lipinski definition) is 4. The smallest absolute Gasteiger partial charge is 0.326 e. The van der Waals surface area contributed by atoms with Gasteiger partial charge in [0.2, 0.25) is 5.91 Å². The number of aliphatic carboxylic acids is 1. The molecule has 1 amide bonds. The van der Waals surface area contributed by atoms with Crippen molar-refractivity contribution in [3.8, 4) is 0 Å². The van der Waals surface area contributed by atoms with E-state index in [1.807, 2.05) is 13.8 Å². The topological polar surface area (TPSA) is 98.7 Å². The maximum absolute atomic E-state index is 11.7. The van der Waals surface area contributed by atoms with Crippen LogP contribution in [0.2, 0.25) is 0 Å². The van der Waals surface area contributed by atoms with Crippen LogP contribution in [0.15, 0.2) is 0 Å². The summed E-state index contributed by atoms with van der Waals surface area (Å²) in [4.78, 5) is 22.7. The Balaban J connectivity index is 2.49. The number of aliphatic hydroxyl groups excluding tert-OH is 1. The zero-order valence-electron chi connectivity index (χ0n) is 10.1. The van der Waals surface area contributed by atoms with Crippen molar-refractivity contribution in [1.82, 2.24) is 10.6 Å². The predicted molar refractivity (Wildman–Crippen MR) is 61.4 cm³/mol. The molecular formula is C11H20N2O4. The van der Waals surface area contributed by atoms with Crippen LogP contribution in [0.5, 0.6) is 0 Å². The van der Waals surface area contributed by atoms with E-state index in [4.69, 9.17) is 5.11 Å². The number of amides is 1. The summed E-state index contributed by atoms with van der Waals surface area (Å²) < 4.78 is 0. The summed E-state index contributed by atoms with van der Waals surface area (Å²) in [6.45, 7) is 4.18. The molecule has 0 aromatic carbocycles. The van der Waals surface area contributed by atoms with E-state index in [-0.39, 0.29) is 11.8 Å². The average Bonchev–Trinajstić information content (AvgIpc) is 2.63. The van der Waals surface area contributed by atoms with Gasteiger partial charge in [-0.1, -0.05) is 13.8 Å². The molecule has 17 heavy (non-hydrogen) atoms. The Morgan fingerprint density at radius 1 is 1.47 bits per heavy atom. The Bertz CT molecular complexity index is 293. The maximum Gasteiger partial charge on any atom is 0.326 e. The van der Waals surface area contributed by atoms with Crippen LogP contribution < -0.4 is 10.6 Å². The van der Waals surface area contributed by atoms with Crippen LogP contribution in [0.4, 0.5) is 0 Å². The fourth-order valence-corrected chi connectivity index (χ4v) is 1.88. The largest absolute Gasteiger partial charge is 0.480 e. The summed E-state index contributed by atoms with van der Waals surface area (Å²) in [7, 11) is 0. The second kappa shape index (κ2) is 5.97. The average molecular weight is 244 g/mol. The fourth-order valence-electron chi connectivity index (χ4n) is 1.88. The highest BCUT2D eigenvalue weighted by Crippen LogP contribution is 2.09. The van der Waals surface area contributed by atoms with Gasteiger partial charge in [0.05, 0.1) is 12.1 Å². The minimum absolute atomic E-state index is 0.193. The van der Waals surface area contributed by atoms with Gasteiger partial charge in [-0.05, 0) is 18.8 Å². The monoisotopic (exact) mass is 244 g/mol. The first-order chi connectivity index (χ1) is 7.90. The number of hydrogen-bond acceptors (Lipinski definition) is 4. The first-order valence-electron chi connectivity index (χ1n) is 5.84. The van der Waals surface area contributed by atoms with Crippen molar-refractivity contribution < 1.29 is 19.8 Å². The Morgan fingerprint density at radius 2 is 2.12 bits per heavy atom. The van der Waals surface area contributed by atoms with E-state index in [0.29, 0.717) is 19.4 Å². The maximum atomic E-state index is 11.7. The van der Waals surface area contributed by atoms with Gasteiger partial charge in [0, 0.05) is 6.54 Å². The van der Waals surface area contributed by atoms with Gasteiger partial charge in [0.15, 0.2) is 0 Å². The third-order valence-corrected chi connectivity index (χ3v) is 2.75. The SMILES string of the molecule is CC(C)C[C@H](NC(=O)C1CC(O)CN1)C(=O)O. The second-order valence-electron chi connectivity index (χ2n) is 4.88. The second-order valence-corrected chi connectivity index (χ2v) is 4.88. The molecule has 6 heteroatoms. The molecule has 98 valence electrons. The number of aliphatic hydroxyl groups is 1. The lowest BCUT2D eigenvalue weighted by molar-refractivity contribution is -0.142. The molecule has 1 aliphatic rings. The van der Waals surface area contributed by atoms with Crippen molar-refractivity contribution in [2.24, 2.45) is 5.92 Å². The molecule has 0 radical (unpaired) electrons. The first-order valence-corrected chi connectivity index (χ1v) is 5.84. The zero-order chi connectivity index (χ0) is 13.0. The highest BCUT2D eigenvalue weighted by Gasteiger charge is 2.30. The van der Waals surface area contributed by atoms with Gasteiger partial charge in [-0.25, -0.2) is 4.79 Å². The Labute approximate surface area is 100 Å². The minimum atomic E-state index is -1.02. The first kappa shape index (κ1) is 13.9. The van der Waals surface area contributed by atoms with Gasteiger partial charge >= 0.3 is 5.97 Å². The lowest BCUT2D eigenvalue weighted by Crippen LogP contribution is -2.48. The molecule has 0 bridgehead atoms. The quantitative estimate of drug-likeness (QED) is 0.514. The molecule has 1 aliphatic heterocycles. The number of carboxylic acid groups (broad SMARTS) is 1. The standard InChI is InChI=1S/C11H20N2O4/c1-6(2)3-9(11(16)17)13-10(15)8-4-7(14)5-12-8/h6-9,12,14H,3-5H2,1-2H3,(H,13,15)(H,16,17)/t7?,8?,9-/m0/s1. The Morgan fingerprint density at radius 3 is 2.53 bits per heavy atom. The fraction of sp³-hybridized carbons (Fsp3) is 0.818. The molecule has 0 saturated carbocycles. The highest BCUT2D eigenvalue weighted by molar-refractivity contribution is 5.87. The van der Waals surface area contributed by atoms with Gasteiger partial charge in [0.1, 0.15) is 6.04 Å². The molecule has 4 N–H and O–H groups in total. The molecule has 1 heterocycles. The normalized spacial score (nSPS) is 25.9. The van der Waals surface area contributed by atoms with Crippen molar-refractivity contribution in [2.45, 2.75) is 44.9 Å². The van der Waals surface area contributed by atoms with Gasteiger partial charge in [-0.3, -0.25) is 4.79 Å². The van der Waals surface area contributed by atoms with Gasteiger partial charge in [-0.15, -0.1) is 0 Å². The molecule has 1 fully saturated rings. The summed E-state index contributed by atoms with van der Waals surface area (Å²) in [6.07, 6.45) is 0.204. The Hall–Kier alpha value is -1.14. The number of carbonyl (C=O) groups is 2. The number of rotatable bonds is 5. The van der Waals surface area contributed by atoms with Crippen molar-refractivity contribution in [2.75, 3.05) is 6.54 Å². The number of carbonyl (C=O) groups excluding carboxylic acids is 1. The van der Waals surface area contributed by atoms with Crippen LogP contribution >= 0.6 is 0 Å². The van der Waals surface area contributed by atoms with Crippen LogP contribution in [0.1, 0.15) is 26.7 Å². The Kier molecular flexibility index (Phi) is 4.89. The van der Waals surface area contributed by atoms with Crippen LogP contribution in [0, 0.1) is 5.92 Å². The van der Waals surface area contributed by atoms with Crippen LogP contribution in [-0.4, -0.2) is 46.8 Å². The van der Waals surface area contributed by atoms with E-state index in [1.54, 1.807) is 0 Å². The summed E-state index contributed by atoms with van der Waals surface area (Å²) in [5.41, 5.74) is 0. The summed E-state index contributed by atoms with van der Waals surface area (Å²) in [6, 6.07) is -1.35. The molecule has 2 unspecified atom stereocenters. The molecule has 0 aliphatic carbocycles. The number of β-amino-alcohol motifs (C(OH)–C–C–N with tert-alkyl or cyclic N) is 1. The van der Waals surface area contributed by atoms with E-state index >= 15 is 0 Å². The number of nitrogens with one attached hydrogen (secondary N) is 2. The lowest BCUT2D eigenvalue weighted by atomic mass is 10.0. The van der Waals surface area contributed by atoms with Gasteiger partial charge < -0.3 is 20.8 Å². The molecule has 1 rings (SSSR count).